The summed E-state index contributed by atoms with van der Waals surface area (Å²) in [5.41, 5.74) is 1.16. The van der Waals surface area contributed by atoms with Gasteiger partial charge in [0.15, 0.2) is 0 Å². The van der Waals surface area contributed by atoms with Gasteiger partial charge < -0.3 is 5.32 Å². The van der Waals surface area contributed by atoms with Crippen LogP contribution in [0.5, 0.6) is 0 Å². The molecule has 0 aromatic carbocycles. The lowest BCUT2D eigenvalue weighted by molar-refractivity contribution is -0.120. The van der Waals surface area contributed by atoms with Crippen LogP contribution in [-0.4, -0.2) is 11.4 Å². The fourth-order valence-corrected chi connectivity index (χ4v) is 1.99. The third kappa shape index (κ3) is 1.50. The Balaban J connectivity index is 1.92. The Labute approximate surface area is 79.4 Å². The molecule has 13 heavy (non-hydrogen) atoms. The first-order chi connectivity index (χ1) is 6.26. The zero-order valence-electron chi connectivity index (χ0n) is 8.23. The molecule has 0 atom stereocenters. The maximum atomic E-state index is 11.6. The summed E-state index contributed by atoms with van der Waals surface area (Å²) in [5.74, 6) is 0.188. The van der Waals surface area contributed by atoms with E-state index in [1.54, 1.807) is 0 Å². The van der Waals surface area contributed by atoms with Gasteiger partial charge in [-0.2, -0.15) is 0 Å². The highest BCUT2D eigenvalue weighted by molar-refractivity contribution is 5.95. The first-order valence-corrected chi connectivity index (χ1v) is 5.27. The van der Waals surface area contributed by atoms with Crippen molar-refractivity contribution in [3.63, 3.8) is 0 Å². The summed E-state index contributed by atoms with van der Waals surface area (Å²) in [7, 11) is 0. The summed E-state index contributed by atoms with van der Waals surface area (Å²) in [5, 5.41) is 3.17. The highest BCUT2D eigenvalue weighted by atomic mass is 16.1. The number of hydrogen-bond donors (Lipinski definition) is 1. The Kier molecular flexibility index (Phi) is 2.14. The van der Waals surface area contributed by atoms with Gasteiger partial charge in [-0.1, -0.05) is 13.0 Å². The van der Waals surface area contributed by atoms with Gasteiger partial charge in [0.05, 0.1) is 0 Å². The summed E-state index contributed by atoms with van der Waals surface area (Å²) in [6, 6.07) is 0. The first-order valence-electron chi connectivity index (χ1n) is 5.27. The van der Waals surface area contributed by atoms with E-state index in [9.17, 15) is 4.79 Å². The predicted octanol–water partition coefficient (Wildman–Crippen LogP) is 2.16. The molecule has 0 saturated heterocycles. The average molecular weight is 179 g/mol. The molecule has 2 aliphatic rings. The van der Waals surface area contributed by atoms with Crippen molar-refractivity contribution in [3.8, 4) is 0 Å². The molecule has 2 rings (SSSR count). The van der Waals surface area contributed by atoms with Crippen LogP contribution in [0.15, 0.2) is 11.6 Å². The minimum atomic E-state index is 0.160. The van der Waals surface area contributed by atoms with Gasteiger partial charge in [-0.3, -0.25) is 4.79 Å². The van der Waals surface area contributed by atoms with Crippen LogP contribution in [0.2, 0.25) is 0 Å². The predicted molar refractivity (Wildman–Crippen MR) is 52.3 cm³/mol. The Morgan fingerprint density at radius 2 is 2.31 bits per heavy atom. The summed E-state index contributed by atoms with van der Waals surface area (Å²) >= 11 is 0. The molecule has 0 aromatic rings. The SMILES string of the molecule is CCC1(NC(=O)C2=CCC2)CCC1. The largest absolute Gasteiger partial charge is 0.347 e. The third-order valence-electron chi connectivity index (χ3n) is 3.46. The number of carbonyl (C=O) groups excluding carboxylic acids is 1. The number of allylic oxidation sites excluding steroid dienone is 1. The molecule has 0 heterocycles. The average Bonchev–Trinajstić information content (AvgIpc) is 1.93. The van der Waals surface area contributed by atoms with Gasteiger partial charge in [-0.15, -0.1) is 0 Å². The molecule has 1 fully saturated rings. The monoisotopic (exact) mass is 179 g/mol. The lowest BCUT2D eigenvalue weighted by Crippen LogP contribution is -2.53. The molecule has 1 amide bonds. The van der Waals surface area contributed by atoms with Gasteiger partial charge in [0.25, 0.3) is 0 Å². The van der Waals surface area contributed by atoms with Crippen molar-refractivity contribution in [1.82, 2.24) is 5.32 Å². The molecule has 0 aromatic heterocycles. The minimum absolute atomic E-state index is 0.160. The quantitative estimate of drug-likeness (QED) is 0.706. The molecule has 0 aliphatic heterocycles. The minimum Gasteiger partial charge on any atom is -0.347 e. The van der Waals surface area contributed by atoms with Crippen LogP contribution in [0.4, 0.5) is 0 Å². The fraction of sp³-hybridized carbons (Fsp3) is 0.727. The Morgan fingerprint density at radius 1 is 1.62 bits per heavy atom. The number of nitrogens with one attached hydrogen (secondary N) is 1. The first kappa shape index (κ1) is 8.79. The number of amides is 1. The lowest BCUT2D eigenvalue weighted by Gasteiger charge is -2.42. The fourth-order valence-electron chi connectivity index (χ4n) is 1.99. The van der Waals surface area contributed by atoms with Gasteiger partial charge in [-0.05, 0) is 38.5 Å². The molecule has 2 aliphatic carbocycles. The van der Waals surface area contributed by atoms with Crippen molar-refractivity contribution in [2.45, 2.75) is 51.0 Å². The highest BCUT2D eigenvalue weighted by Crippen LogP contribution is 2.35. The molecule has 2 heteroatoms. The summed E-state index contributed by atoms with van der Waals surface area (Å²) in [4.78, 5) is 11.6. The van der Waals surface area contributed by atoms with E-state index in [1.807, 2.05) is 6.08 Å². The van der Waals surface area contributed by atoms with Crippen LogP contribution in [-0.2, 0) is 4.79 Å². The zero-order chi connectivity index (χ0) is 9.31. The summed E-state index contributed by atoms with van der Waals surface area (Å²) in [6.45, 7) is 2.16. The van der Waals surface area contributed by atoms with Crippen molar-refractivity contribution in [2.75, 3.05) is 0 Å². The van der Waals surface area contributed by atoms with E-state index in [-0.39, 0.29) is 11.4 Å². The highest BCUT2D eigenvalue weighted by Gasteiger charge is 2.37. The van der Waals surface area contributed by atoms with Gasteiger partial charge in [-0.25, -0.2) is 0 Å². The Bertz CT molecular complexity index is 245. The Hall–Kier alpha value is -0.790. The lowest BCUT2D eigenvalue weighted by atomic mass is 9.74. The van der Waals surface area contributed by atoms with Crippen LogP contribution in [0.25, 0.3) is 0 Å². The normalized spacial score (nSPS) is 23.9. The molecule has 0 spiro atoms. The molecule has 1 N–H and O–H groups in total. The van der Waals surface area contributed by atoms with Crippen LogP contribution in [0, 0.1) is 0 Å². The standard InChI is InChI=1S/C11H17NO/c1-2-11(7-4-8-11)12-10(13)9-5-3-6-9/h5H,2-4,6-8H2,1H3,(H,12,13). The van der Waals surface area contributed by atoms with Crippen molar-refractivity contribution < 1.29 is 4.79 Å². The molecule has 1 saturated carbocycles. The smallest absolute Gasteiger partial charge is 0.247 e. The van der Waals surface area contributed by atoms with Crippen molar-refractivity contribution >= 4 is 5.91 Å². The van der Waals surface area contributed by atoms with E-state index in [0.29, 0.717) is 0 Å². The van der Waals surface area contributed by atoms with Crippen molar-refractivity contribution in [2.24, 2.45) is 0 Å². The third-order valence-corrected chi connectivity index (χ3v) is 3.46. The van der Waals surface area contributed by atoms with E-state index in [4.69, 9.17) is 0 Å². The van der Waals surface area contributed by atoms with Crippen molar-refractivity contribution in [1.29, 1.82) is 0 Å². The zero-order valence-corrected chi connectivity index (χ0v) is 8.23. The second kappa shape index (κ2) is 3.17. The summed E-state index contributed by atoms with van der Waals surface area (Å²) in [6.07, 6.45) is 8.79. The van der Waals surface area contributed by atoms with Crippen LogP contribution in [0.3, 0.4) is 0 Å². The Morgan fingerprint density at radius 3 is 2.62 bits per heavy atom. The second-order valence-electron chi connectivity index (χ2n) is 4.21. The van der Waals surface area contributed by atoms with E-state index in [2.05, 4.69) is 12.2 Å². The topological polar surface area (TPSA) is 29.1 Å². The molecule has 2 nitrogen and oxygen atoms in total. The molecule has 72 valence electrons. The molecule has 0 unspecified atom stereocenters. The van der Waals surface area contributed by atoms with Crippen LogP contribution in [0.1, 0.15) is 45.4 Å². The van der Waals surface area contributed by atoms with Gasteiger partial charge >= 0.3 is 0 Å². The van der Waals surface area contributed by atoms with Crippen molar-refractivity contribution in [3.05, 3.63) is 11.6 Å². The van der Waals surface area contributed by atoms with Crippen LogP contribution >= 0.6 is 0 Å². The summed E-state index contributed by atoms with van der Waals surface area (Å²) < 4.78 is 0. The van der Waals surface area contributed by atoms with Gasteiger partial charge in [0, 0.05) is 11.1 Å². The van der Waals surface area contributed by atoms with E-state index in [0.717, 1.165) is 24.8 Å². The van der Waals surface area contributed by atoms with E-state index >= 15 is 0 Å². The van der Waals surface area contributed by atoms with E-state index < -0.39 is 0 Å². The molecule has 0 bridgehead atoms. The molecular formula is C11H17NO. The van der Waals surface area contributed by atoms with Gasteiger partial charge in [0.2, 0.25) is 5.91 Å². The molecular weight excluding hydrogens is 162 g/mol. The molecule has 0 radical (unpaired) electrons. The number of hydrogen-bond acceptors (Lipinski definition) is 1. The number of rotatable bonds is 3. The van der Waals surface area contributed by atoms with E-state index in [1.165, 1.54) is 19.3 Å². The van der Waals surface area contributed by atoms with Gasteiger partial charge in [0.1, 0.15) is 0 Å². The second-order valence-corrected chi connectivity index (χ2v) is 4.21. The maximum absolute atomic E-state index is 11.6. The number of carbonyl (C=O) groups is 1. The maximum Gasteiger partial charge on any atom is 0.247 e. The van der Waals surface area contributed by atoms with Crippen LogP contribution < -0.4 is 5.32 Å².